The van der Waals surface area contributed by atoms with Crippen molar-refractivity contribution in [1.29, 1.82) is 0 Å². The van der Waals surface area contributed by atoms with E-state index in [0.717, 1.165) is 27.6 Å². The number of benzene rings is 2. The number of halogens is 1. The molecule has 2 aromatic rings. The van der Waals surface area contributed by atoms with Crippen LogP contribution >= 0.6 is 11.6 Å². The smallest absolute Gasteiger partial charge is 0.148 e. The standard InChI is InChI=1S/C17H16ClNO/c1-3-10-20-17-7-5-4-6-14(17)12-19-16-11-15(18)9-8-13(16)2/h1,4-9,11,19H,10,12H2,2H3. The lowest BCUT2D eigenvalue weighted by Crippen LogP contribution is -2.04. The highest BCUT2D eigenvalue weighted by molar-refractivity contribution is 6.30. The van der Waals surface area contributed by atoms with E-state index < -0.39 is 0 Å². The highest BCUT2D eigenvalue weighted by atomic mass is 35.5. The van der Waals surface area contributed by atoms with Gasteiger partial charge in [-0.3, -0.25) is 0 Å². The van der Waals surface area contributed by atoms with Crippen LogP contribution in [0, 0.1) is 19.3 Å². The molecule has 0 atom stereocenters. The number of para-hydroxylation sites is 1. The first kappa shape index (κ1) is 14.3. The fraction of sp³-hybridized carbons (Fsp3) is 0.176. The van der Waals surface area contributed by atoms with Crippen molar-refractivity contribution < 1.29 is 4.74 Å². The Kier molecular flexibility index (Phi) is 4.92. The van der Waals surface area contributed by atoms with Gasteiger partial charge in [-0.15, -0.1) is 6.42 Å². The topological polar surface area (TPSA) is 21.3 Å². The van der Waals surface area contributed by atoms with Crippen LogP contribution in [-0.2, 0) is 6.54 Å². The van der Waals surface area contributed by atoms with Gasteiger partial charge in [-0.2, -0.15) is 0 Å². The molecule has 2 nitrogen and oxygen atoms in total. The summed E-state index contributed by atoms with van der Waals surface area (Å²) in [5.41, 5.74) is 3.22. The number of nitrogens with one attached hydrogen (secondary N) is 1. The average Bonchev–Trinajstić information content (AvgIpc) is 2.47. The van der Waals surface area contributed by atoms with Gasteiger partial charge in [-0.25, -0.2) is 0 Å². The van der Waals surface area contributed by atoms with E-state index in [2.05, 4.69) is 11.2 Å². The summed E-state index contributed by atoms with van der Waals surface area (Å²) in [6, 6.07) is 13.6. The van der Waals surface area contributed by atoms with Crippen LogP contribution in [0.3, 0.4) is 0 Å². The Morgan fingerprint density at radius 2 is 2.05 bits per heavy atom. The van der Waals surface area contributed by atoms with Gasteiger partial charge in [0.1, 0.15) is 12.4 Å². The molecule has 0 aliphatic carbocycles. The number of anilines is 1. The van der Waals surface area contributed by atoms with Crippen molar-refractivity contribution in [2.45, 2.75) is 13.5 Å². The number of hydrogen-bond acceptors (Lipinski definition) is 2. The van der Waals surface area contributed by atoms with Crippen LogP contribution in [0.4, 0.5) is 5.69 Å². The van der Waals surface area contributed by atoms with E-state index in [1.165, 1.54) is 0 Å². The minimum atomic E-state index is 0.271. The molecular weight excluding hydrogens is 270 g/mol. The summed E-state index contributed by atoms with van der Waals surface area (Å²) >= 11 is 6.01. The molecule has 0 aromatic heterocycles. The van der Waals surface area contributed by atoms with Crippen LogP contribution in [-0.4, -0.2) is 6.61 Å². The molecule has 1 N–H and O–H groups in total. The maximum atomic E-state index is 6.01. The molecular formula is C17H16ClNO. The molecule has 0 spiro atoms. The second-order valence-corrected chi connectivity index (χ2v) is 4.85. The minimum Gasteiger partial charge on any atom is -0.481 e. The SMILES string of the molecule is C#CCOc1ccccc1CNc1cc(Cl)ccc1C. The van der Waals surface area contributed by atoms with E-state index in [9.17, 15) is 0 Å². The van der Waals surface area contributed by atoms with Crippen molar-refractivity contribution in [2.75, 3.05) is 11.9 Å². The molecule has 3 heteroatoms. The van der Waals surface area contributed by atoms with Crippen LogP contribution in [0.5, 0.6) is 5.75 Å². The zero-order valence-electron chi connectivity index (χ0n) is 11.3. The van der Waals surface area contributed by atoms with Crippen LogP contribution in [0.15, 0.2) is 42.5 Å². The van der Waals surface area contributed by atoms with Crippen molar-refractivity contribution >= 4 is 17.3 Å². The Morgan fingerprint density at radius 1 is 1.25 bits per heavy atom. The van der Waals surface area contributed by atoms with Gasteiger partial charge in [0.25, 0.3) is 0 Å². The summed E-state index contributed by atoms with van der Waals surface area (Å²) in [4.78, 5) is 0. The molecule has 0 saturated carbocycles. The lowest BCUT2D eigenvalue weighted by Gasteiger charge is -2.13. The average molecular weight is 286 g/mol. The molecule has 0 unspecified atom stereocenters. The Bertz CT molecular complexity index is 631. The van der Waals surface area contributed by atoms with E-state index in [4.69, 9.17) is 22.8 Å². The summed E-state index contributed by atoms with van der Waals surface area (Å²) in [7, 11) is 0. The number of rotatable bonds is 5. The molecule has 2 aromatic carbocycles. The molecule has 0 aliphatic heterocycles. The largest absolute Gasteiger partial charge is 0.481 e. The second kappa shape index (κ2) is 6.88. The maximum absolute atomic E-state index is 6.01. The van der Waals surface area contributed by atoms with E-state index in [1.807, 2.05) is 49.4 Å². The Labute approximate surface area is 124 Å². The van der Waals surface area contributed by atoms with Crippen LogP contribution in [0.2, 0.25) is 5.02 Å². The van der Waals surface area contributed by atoms with Crippen molar-refractivity contribution in [2.24, 2.45) is 0 Å². The molecule has 0 aliphatic rings. The quantitative estimate of drug-likeness (QED) is 0.828. The summed E-state index contributed by atoms with van der Waals surface area (Å²) in [5, 5.41) is 4.09. The summed E-state index contributed by atoms with van der Waals surface area (Å²) < 4.78 is 5.53. The predicted molar refractivity (Wildman–Crippen MR) is 84.3 cm³/mol. The van der Waals surface area contributed by atoms with Gasteiger partial charge in [-0.05, 0) is 30.7 Å². The zero-order valence-corrected chi connectivity index (χ0v) is 12.1. The van der Waals surface area contributed by atoms with Crippen molar-refractivity contribution in [3.8, 4) is 18.1 Å². The summed E-state index contributed by atoms with van der Waals surface area (Å²) in [6.45, 7) is 2.97. The van der Waals surface area contributed by atoms with E-state index in [1.54, 1.807) is 0 Å². The molecule has 0 saturated heterocycles. The predicted octanol–water partition coefficient (Wildman–Crippen LogP) is 4.27. The van der Waals surface area contributed by atoms with Crippen LogP contribution < -0.4 is 10.1 Å². The molecule has 0 radical (unpaired) electrons. The monoisotopic (exact) mass is 285 g/mol. The lowest BCUT2D eigenvalue weighted by molar-refractivity contribution is 0.366. The van der Waals surface area contributed by atoms with Crippen molar-refractivity contribution in [3.05, 3.63) is 58.6 Å². The zero-order chi connectivity index (χ0) is 14.4. The Balaban J connectivity index is 2.11. The molecule has 0 heterocycles. The van der Waals surface area contributed by atoms with Gasteiger partial charge in [0, 0.05) is 22.8 Å². The second-order valence-electron chi connectivity index (χ2n) is 4.41. The molecule has 20 heavy (non-hydrogen) atoms. The van der Waals surface area contributed by atoms with Gasteiger partial charge < -0.3 is 10.1 Å². The summed E-state index contributed by atoms with van der Waals surface area (Å²) in [5.74, 6) is 3.28. The molecule has 2 rings (SSSR count). The van der Waals surface area contributed by atoms with Crippen molar-refractivity contribution in [3.63, 3.8) is 0 Å². The van der Waals surface area contributed by atoms with Crippen LogP contribution in [0.25, 0.3) is 0 Å². The van der Waals surface area contributed by atoms with E-state index in [-0.39, 0.29) is 6.61 Å². The van der Waals surface area contributed by atoms with Gasteiger partial charge in [0.15, 0.2) is 0 Å². The Morgan fingerprint density at radius 3 is 2.85 bits per heavy atom. The van der Waals surface area contributed by atoms with Crippen molar-refractivity contribution in [1.82, 2.24) is 0 Å². The van der Waals surface area contributed by atoms with Gasteiger partial charge in [0.05, 0.1) is 0 Å². The number of hydrogen-bond donors (Lipinski definition) is 1. The van der Waals surface area contributed by atoms with Gasteiger partial charge >= 0.3 is 0 Å². The molecule has 0 amide bonds. The highest BCUT2D eigenvalue weighted by Crippen LogP contribution is 2.23. The van der Waals surface area contributed by atoms with E-state index >= 15 is 0 Å². The van der Waals surface area contributed by atoms with Gasteiger partial charge in [-0.1, -0.05) is 41.8 Å². The Hall–Kier alpha value is -2.11. The highest BCUT2D eigenvalue weighted by Gasteiger charge is 2.04. The maximum Gasteiger partial charge on any atom is 0.148 e. The summed E-state index contributed by atoms with van der Waals surface area (Å²) in [6.07, 6.45) is 5.22. The first-order chi connectivity index (χ1) is 9.70. The first-order valence-electron chi connectivity index (χ1n) is 6.35. The van der Waals surface area contributed by atoms with Crippen LogP contribution in [0.1, 0.15) is 11.1 Å². The third-order valence-corrected chi connectivity index (χ3v) is 3.19. The third-order valence-electron chi connectivity index (χ3n) is 2.95. The molecule has 0 bridgehead atoms. The fourth-order valence-corrected chi connectivity index (χ4v) is 2.06. The number of terminal acetylenes is 1. The molecule has 102 valence electrons. The normalized spacial score (nSPS) is 9.85. The minimum absolute atomic E-state index is 0.271. The molecule has 0 fully saturated rings. The van der Waals surface area contributed by atoms with E-state index in [0.29, 0.717) is 6.54 Å². The lowest BCUT2D eigenvalue weighted by atomic mass is 10.1. The first-order valence-corrected chi connectivity index (χ1v) is 6.72. The fourth-order valence-electron chi connectivity index (χ4n) is 1.89. The van der Waals surface area contributed by atoms with Gasteiger partial charge in [0.2, 0.25) is 0 Å². The number of aryl methyl sites for hydroxylation is 1. The third kappa shape index (κ3) is 3.69. The number of ether oxygens (including phenoxy) is 1.